The number of alkyl halides is 3. The summed E-state index contributed by atoms with van der Waals surface area (Å²) < 4.78 is 39.7. The highest BCUT2D eigenvalue weighted by Gasteiger charge is 2.43. The van der Waals surface area contributed by atoms with Crippen LogP contribution in [0.15, 0.2) is 35.3 Å². The zero-order valence-corrected chi connectivity index (χ0v) is 17.8. The van der Waals surface area contributed by atoms with E-state index in [4.69, 9.17) is 5.73 Å². The summed E-state index contributed by atoms with van der Waals surface area (Å²) in [4.78, 5) is 62.1. The first kappa shape index (κ1) is 24.3. The number of anilines is 2. The van der Waals surface area contributed by atoms with Crippen LogP contribution in [0.4, 0.5) is 24.8 Å². The van der Waals surface area contributed by atoms with Gasteiger partial charge in [0.05, 0.1) is 18.4 Å². The van der Waals surface area contributed by atoms with Crippen LogP contribution in [0.3, 0.4) is 0 Å². The lowest BCUT2D eigenvalue weighted by atomic mass is 10.2. The number of nitrogens with two attached hydrogens (primary N) is 1. The number of amides is 3. The second-order valence-corrected chi connectivity index (χ2v) is 7.39. The van der Waals surface area contributed by atoms with E-state index in [0.29, 0.717) is 4.90 Å². The number of benzene rings is 1. The second-order valence-electron chi connectivity index (χ2n) is 7.39. The number of aromatic nitrogens is 4. The van der Waals surface area contributed by atoms with Crippen molar-refractivity contribution in [3.05, 3.63) is 52.1 Å². The molecule has 0 aliphatic rings. The molecule has 11 nitrogen and oxygen atoms in total. The number of H-pyrrole nitrogens is 1. The van der Waals surface area contributed by atoms with Crippen molar-refractivity contribution in [2.75, 3.05) is 10.2 Å². The standard InChI is InChI=1S/C20H18F3N7O4/c1-9(2)16(32)28-19-27-15-13(17(33)29-19)26-11(7-25-15)8-30(18(34)20(21,22)23)12-5-3-10(4-6-12)14(24)31/h3-7,9H,8H2,1-2H3,(H2,24,31)(H2,25,27,28,29,32,33). The van der Waals surface area contributed by atoms with Gasteiger partial charge in [-0.15, -0.1) is 0 Å². The van der Waals surface area contributed by atoms with Crippen LogP contribution in [0.5, 0.6) is 0 Å². The SMILES string of the molecule is CC(C)C(=O)Nc1nc2ncc(CN(C(=O)C(F)(F)F)c3ccc(C(N)=O)cc3)nc2c(=O)[nH]1. The highest BCUT2D eigenvalue weighted by atomic mass is 19.4. The van der Waals surface area contributed by atoms with Gasteiger partial charge in [0.1, 0.15) is 0 Å². The van der Waals surface area contributed by atoms with E-state index in [0.717, 1.165) is 18.3 Å². The lowest BCUT2D eigenvalue weighted by molar-refractivity contribution is -0.170. The molecule has 178 valence electrons. The molecule has 2 heterocycles. The molecule has 1 aromatic carbocycles. The number of carbonyl (C=O) groups excluding carboxylic acids is 3. The van der Waals surface area contributed by atoms with Crippen LogP contribution in [0.2, 0.25) is 0 Å². The monoisotopic (exact) mass is 477 g/mol. The fourth-order valence-corrected chi connectivity index (χ4v) is 2.75. The molecule has 0 bridgehead atoms. The van der Waals surface area contributed by atoms with Crippen LogP contribution in [0.25, 0.3) is 11.2 Å². The van der Waals surface area contributed by atoms with Crippen LogP contribution in [0.1, 0.15) is 29.9 Å². The van der Waals surface area contributed by atoms with E-state index in [-0.39, 0.29) is 40.0 Å². The number of rotatable bonds is 6. The molecular weight excluding hydrogens is 459 g/mol. The quantitative estimate of drug-likeness (QED) is 0.484. The molecule has 0 aliphatic carbocycles. The highest BCUT2D eigenvalue weighted by Crippen LogP contribution is 2.25. The second kappa shape index (κ2) is 9.25. The Labute approximate surface area is 189 Å². The fraction of sp³-hybridized carbons (Fsp3) is 0.250. The molecule has 3 amide bonds. The van der Waals surface area contributed by atoms with Crippen molar-refractivity contribution in [2.45, 2.75) is 26.6 Å². The van der Waals surface area contributed by atoms with E-state index in [1.54, 1.807) is 13.8 Å². The van der Waals surface area contributed by atoms with Gasteiger partial charge in [0.25, 0.3) is 5.56 Å². The molecule has 3 aromatic rings. The minimum Gasteiger partial charge on any atom is -0.366 e. The maximum Gasteiger partial charge on any atom is 0.471 e. The third-order valence-corrected chi connectivity index (χ3v) is 4.51. The maximum atomic E-state index is 13.2. The molecular formula is C20H18F3N7O4. The van der Waals surface area contributed by atoms with Crippen molar-refractivity contribution in [1.29, 1.82) is 0 Å². The van der Waals surface area contributed by atoms with Crippen LogP contribution < -0.4 is 21.5 Å². The zero-order chi connectivity index (χ0) is 25.2. The summed E-state index contributed by atoms with van der Waals surface area (Å²) in [5.41, 5.74) is 3.58. The first-order chi connectivity index (χ1) is 15.9. The van der Waals surface area contributed by atoms with E-state index >= 15 is 0 Å². The molecule has 4 N–H and O–H groups in total. The number of aromatic amines is 1. The van der Waals surface area contributed by atoms with E-state index in [1.165, 1.54) is 12.1 Å². The maximum absolute atomic E-state index is 13.2. The van der Waals surface area contributed by atoms with Gasteiger partial charge in [-0.05, 0) is 24.3 Å². The first-order valence-corrected chi connectivity index (χ1v) is 9.72. The van der Waals surface area contributed by atoms with Gasteiger partial charge in [-0.3, -0.25) is 34.4 Å². The Morgan fingerprint density at radius 1 is 1.15 bits per heavy atom. The Morgan fingerprint density at radius 2 is 1.79 bits per heavy atom. The number of hydrogen-bond donors (Lipinski definition) is 3. The molecule has 0 radical (unpaired) electrons. The van der Waals surface area contributed by atoms with Crippen molar-refractivity contribution in [1.82, 2.24) is 19.9 Å². The molecule has 0 fully saturated rings. The van der Waals surface area contributed by atoms with Crippen LogP contribution >= 0.6 is 0 Å². The fourth-order valence-electron chi connectivity index (χ4n) is 2.75. The molecule has 0 saturated heterocycles. The number of carbonyl (C=O) groups is 3. The minimum atomic E-state index is -5.21. The Bertz CT molecular complexity index is 1320. The summed E-state index contributed by atoms with van der Waals surface area (Å²) in [6.07, 6.45) is -4.16. The van der Waals surface area contributed by atoms with Crippen LogP contribution in [0, 0.1) is 5.92 Å². The third kappa shape index (κ3) is 5.33. The van der Waals surface area contributed by atoms with E-state index in [9.17, 15) is 32.3 Å². The predicted molar refractivity (Wildman–Crippen MR) is 114 cm³/mol. The number of halogens is 3. The summed E-state index contributed by atoms with van der Waals surface area (Å²) in [6, 6.07) is 4.58. The van der Waals surface area contributed by atoms with Crippen molar-refractivity contribution in [3.8, 4) is 0 Å². The van der Waals surface area contributed by atoms with Gasteiger partial charge in [-0.2, -0.15) is 18.2 Å². The summed E-state index contributed by atoms with van der Waals surface area (Å²) >= 11 is 0. The van der Waals surface area contributed by atoms with Crippen LogP contribution in [-0.4, -0.2) is 43.8 Å². The Kier molecular flexibility index (Phi) is 6.61. The van der Waals surface area contributed by atoms with Crippen molar-refractivity contribution in [3.63, 3.8) is 0 Å². The number of hydrogen-bond acceptors (Lipinski definition) is 7. The van der Waals surface area contributed by atoms with Gasteiger partial charge in [0.15, 0.2) is 11.2 Å². The number of fused-ring (bicyclic) bond motifs is 1. The van der Waals surface area contributed by atoms with Crippen LogP contribution in [-0.2, 0) is 16.1 Å². The molecule has 14 heteroatoms. The summed E-state index contributed by atoms with van der Waals surface area (Å²) in [6.45, 7) is 2.58. The van der Waals surface area contributed by atoms with E-state index in [2.05, 4.69) is 25.3 Å². The lowest BCUT2D eigenvalue weighted by Crippen LogP contribution is -2.41. The van der Waals surface area contributed by atoms with Crippen molar-refractivity contribution < 1.29 is 27.6 Å². The summed E-state index contributed by atoms with van der Waals surface area (Å²) in [5.74, 6) is -3.95. The Hall–Kier alpha value is -4.36. The molecule has 0 aliphatic heterocycles. The van der Waals surface area contributed by atoms with Gasteiger partial charge in [0.2, 0.25) is 17.8 Å². The third-order valence-electron chi connectivity index (χ3n) is 4.51. The zero-order valence-electron chi connectivity index (χ0n) is 17.8. The minimum absolute atomic E-state index is 0.0339. The summed E-state index contributed by atoms with van der Waals surface area (Å²) in [7, 11) is 0. The van der Waals surface area contributed by atoms with Gasteiger partial charge < -0.3 is 5.73 Å². The van der Waals surface area contributed by atoms with Crippen molar-refractivity contribution in [2.24, 2.45) is 11.7 Å². The number of nitrogens with one attached hydrogen (secondary N) is 2. The van der Waals surface area contributed by atoms with E-state index in [1.807, 2.05) is 0 Å². The van der Waals surface area contributed by atoms with Gasteiger partial charge in [-0.1, -0.05) is 13.8 Å². The molecule has 0 atom stereocenters. The molecule has 0 spiro atoms. The number of primary amides is 1. The molecule has 0 unspecified atom stereocenters. The topological polar surface area (TPSA) is 164 Å². The van der Waals surface area contributed by atoms with Gasteiger partial charge >= 0.3 is 12.1 Å². The molecule has 34 heavy (non-hydrogen) atoms. The summed E-state index contributed by atoms with van der Waals surface area (Å²) in [5, 5.41) is 2.40. The predicted octanol–water partition coefficient (Wildman–Crippen LogP) is 1.50. The molecule has 0 saturated carbocycles. The van der Waals surface area contributed by atoms with Gasteiger partial charge in [-0.25, -0.2) is 9.97 Å². The Balaban J connectivity index is 1.97. The average molecular weight is 477 g/mol. The smallest absolute Gasteiger partial charge is 0.366 e. The van der Waals surface area contributed by atoms with Gasteiger partial charge in [0, 0.05) is 17.2 Å². The normalized spacial score (nSPS) is 11.5. The van der Waals surface area contributed by atoms with Crippen molar-refractivity contribution >= 4 is 40.5 Å². The lowest BCUT2D eigenvalue weighted by Gasteiger charge is -2.23. The largest absolute Gasteiger partial charge is 0.471 e. The number of nitrogens with zero attached hydrogens (tertiary/aromatic N) is 4. The van der Waals surface area contributed by atoms with E-state index < -0.39 is 36.0 Å². The highest BCUT2D eigenvalue weighted by molar-refractivity contribution is 5.98. The molecule has 3 rings (SSSR count). The first-order valence-electron chi connectivity index (χ1n) is 9.72. The average Bonchev–Trinajstić information content (AvgIpc) is 2.76. The Morgan fingerprint density at radius 3 is 2.35 bits per heavy atom. The molecule has 2 aromatic heterocycles.